The van der Waals surface area contributed by atoms with Crippen LogP contribution in [0.15, 0.2) is 83.4 Å². The van der Waals surface area contributed by atoms with Crippen LogP contribution in [0.2, 0.25) is 0 Å². The first-order valence-corrected chi connectivity index (χ1v) is 12.7. The van der Waals surface area contributed by atoms with E-state index in [9.17, 15) is 26.3 Å². The van der Waals surface area contributed by atoms with Gasteiger partial charge in [-0.2, -0.15) is 18.3 Å². The van der Waals surface area contributed by atoms with Crippen LogP contribution in [0.25, 0.3) is 39.4 Å². The van der Waals surface area contributed by atoms with Gasteiger partial charge in [-0.05, 0) is 73.4 Å². The number of rotatable bonds is 6. The molecule has 1 fully saturated rings. The van der Waals surface area contributed by atoms with Gasteiger partial charge < -0.3 is 9.15 Å². The summed E-state index contributed by atoms with van der Waals surface area (Å²) >= 11 is 0. The molecule has 0 N–H and O–H groups in total. The Morgan fingerprint density at radius 1 is 0.854 bits per heavy atom. The zero-order chi connectivity index (χ0) is 28.9. The Morgan fingerprint density at radius 3 is 2.20 bits per heavy atom. The Kier molecular flexibility index (Phi) is 6.39. The summed E-state index contributed by atoms with van der Waals surface area (Å²) in [6.07, 6.45) is -6.53. The summed E-state index contributed by atoms with van der Waals surface area (Å²) in [6.45, 7) is 1.95. The molecule has 1 aliphatic rings. The third-order valence-electron chi connectivity index (χ3n) is 6.65. The van der Waals surface area contributed by atoms with Crippen molar-refractivity contribution in [1.29, 1.82) is 0 Å². The normalized spacial score (nSPS) is 13.9. The highest BCUT2D eigenvalue weighted by molar-refractivity contribution is 5.85. The fourth-order valence-electron chi connectivity index (χ4n) is 4.57. The lowest BCUT2D eigenvalue weighted by atomic mass is 9.97. The van der Waals surface area contributed by atoms with Gasteiger partial charge in [0.05, 0.1) is 5.69 Å². The molecule has 6 rings (SSSR count). The molecule has 0 amide bonds. The van der Waals surface area contributed by atoms with Crippen LogP contribution >= 0.6 is 0 Å². The molecule has 1 saturated carbocycles. The molecule has 0 unspecified atom stereocenters. The molecule has 5 aromatic rings. The lowest BCUT2D eigenvalue weighted by Gasteiger charge is -2.13. The standard InChI is InChI=1S/C30H21F6N3O2/c1-17-3-2-4-20(15-17)21-9-12-24(39-14-13-25(38-39)29(31,32)33)23(16-21)27-26(37-28(40-27)19-5-6-19)18-7-10-22(11-8-18)41-30(34,35)36/h2-4,7-16,19H,5-6H2,1H3. The number of aromatic nitrogens is 3. The summed E-state index contributed by atoms with van der Waals surface area (Å²) in [5.41, 5.74) is 3.16. The Morgan fingerprint density at radius 2 is 1.56 bits per heavy atom. The number of halogens is 6. The highest BCUT2D eigenvalue weighted by Gasteiger charge is 2.35. The lowest BCUT2D eigenvalue weighted by Crippen LogP contribution is -2.16. The van der Waals surface area contributed by atoms with Gasteiger partial charge in [0, 0.05) is 23.2 Å². The number of alkyl halides is 6. The molecule has 11 heteroatoms. The summed E-state index contributed by atoms with van der Waals surface area (Å²) in [5, 5.41) is 3.76. The van der Waals surface area contributed by atoms with Crippen molar-refractivity contribution in [2.45, 2.75) is 38.2 Å². The minimum absolute atomic E-state index is 0.0836. The molecular formula is C30H21F6N3O2. The van der Waals surface area contributed by atoms with E-state index < -0.39 is 24.0 Å². The van der Waals surface area contributed by atoms with E-state index in [4.69, 9.17) is 4.42 Å². The second-order valence-corrected chi connectivity index (χ2v) is 9.82. The van der Waals surface area contributed by atoms with Crippen molar-refractivity contribution in [3.63, 3.8) is 0 Å². The SMILES string of the molecule is Cc1cccc(-c2ccc(-n3ccc(C(F)(F)F)n3)c(-c3oc(C4CC4)nc3-c3ccc(OC(F)(F)F)cc3)c2)c1. The minimum Gasteiger partial charge on any atom is -0.440 e. The smallest absolute Gasteiger partial charge is 0.440 e. The van der Waals surface area contributed by atoms with Crippen LogP contribution in [0.3, 0.4) is 0 Å². The van der Waals surface area contributed by atoms with E-state index >= 15 is 0 Å². The molecule has 2 heterocycles. The predicted octanol–water partition coefficient (Wildman–Crippen LogP) is 8.96. The second kappa shape index (κ2) is 9.83. The van der Waals surface area contributed by atoms with E-state index in [-0.39, 0.29) is 11.7 Å². The first kappa shape index (κ1) is 26.7. The average Bonchev–Trinajstić information content (AvgIpc) is 3.46. The highest BCUT2D eigenvalue weighted by atomic mass is 19.4. The number of nitrogens with zero attached hydrogens (tertiary/aromatic N) is 3. The molecule has 3 aromatic carbocycles. The van der Waals surface area contributed by atoms with Crippen molar-refractivity contribution in [2.75, 3.05) is 0 Å². The van der Waals surface area contributed by atoms with Gasteiger partial charge >= 0.3 is 12.5 Å². The molecule has 0 aliphatic heterocycles. The van der Waals surface area contributed by atoms with Gasteiger partial charge in [-0.25, -0.2) is 9.67 Å². The van der Waals surface area contributed by atoms with Crippen molar-refractivity contribution in [3.8, 4) is 45.1 Å². The molecule has 2 aromatic heterocycles. The Labute approximate surface area is 230 Å². The maximum absolute atomic E-state index is 13.4. The predicted molar refractivity (Wildman–Crippen MR) is 138 cm³/mol. The van der Waals surface area contributed by atoms with Gasteiger partial charge in [0.15, 0.2) is 17.3 Å². The summed E-state index contributed by atoms with van der Waals surface area (Å²) in [6, 6.07) is 19.1. The van der Waals surface area contributed by atoms with Crippen molar-refractivity contribution in [3.05, 3.63) is 96.1 Å². The number of hydrogen-bond donors (Lipinski definition) is 0. The quantitative estimate of drug-likeness (QED) is 0.192. The minimum atomic E-state index is -4.84. The number of aryl methyl sites for hydroxylation is 1. The van der Waals surface area contributed by atoms with Gasteiger partial charge in [0.2, 0.25) is 0 Å². The van der Waals surface area contributed by atoms with E-state index in [0.717, 1.165) is 40.3 Å². The van der Waals surface area contributed by atoms with Gasteiger partial charge in [-0.1, -0.05) is 35.9 Å². The molecule has 41 heavy (non-hydrogen) atoms. The zero-order valence-corrected chi connectivity index (χ0v) is 21.4. The summed E-state index contributed by atoms with van der Waals surface area (Å²) in [7, 11) is 0. The summed E-state index contributed by atoms with van der Waals surface area (Å²) < 4.78 is 89.7. The molecule has 0 saturated heterocycles. The molecule has 0 radical (unpaired) electrons. The number of hydrogen-bond acceptors (Lipinski definition) is 4. The van der Waals surface area contributed by atoms with Crippen molar-refractivity contribution in [1.82, 2.24) is 14.8 Å². The fourth-order valence-corrected chi connectivity index (χ4v) is 4.57. The highest BCUT2D eigenvalue weighted by Crippen LogP contribution is 2.45. The second-order valence-electron chi connectivity index (χ2n) is 9.82. The maximum atomic E-state index is 13.4. The monoisotopic (exact) mass is 569 g/mol. The van der Waals surface area contributed by atoms with Crippen LogP contribution in [0.1, 0.15) is 35.9 Å². The van der Waals surface area contributed by atoms with E-state index in [1.807, 2.05) is 31.2 Å². The fraction of sp³-hybridized carbons (Fsp3) is 0.200. The molecule has 0 atom stereocenters. The molecular weight excluding hydrogens is 548 g/mol. The van der Waals surface area contributed by atoms with Gasteiger partial charge in [-0.3, -0.25) is 0 Å². The molecule has 0 spiro atoms. The molecule has 1 aliphatic carbocycles. The number of oxazole rings is 1. The van der Waals surface area contributed by atoms with Gasteiger partial charge in [-0.15, -0.1) is 13.2 Å². The summed E-state index contributed by atoms with van der Waals surface area (Å²) in [4.78, 5) is 4.68. The molecule has 0 bridgehead atoms. The van der Waals surface area contributed by atoms with E-state index in [0.29, 0.717) is 28.4 Å². The van der Waals surface area contributed by atoms with Crippen LogP contribution in [0.5, 0.6) is 5.75 Å². The Bertz CT molecular complexity index is 1710. The van der Waals surface area contributed by atoms with Crippen LogP contribution in [0, 0.1) is 6.92 Å². The Hall–Kier alpha value is -4.54. The zero-order valence-electron chi connectivity index (χ0n) is 21.4. The van der Waals surface area contributed by atoms with Crippen molar-refractivity contribution < 1.29 is 35.5 Å². The average molecular weight is 570 g/mol. The van der Waals surface area contributed by atoms with Gasteiger partial charge in [0.25, 0.3) is 0 Å². The molecule has 5 nitrogen and oxygen atoms in total. The lowest BCUT2D eigenvalue weighted by molar-refractivity contribution is -0.274. The largest absolute Gasteiger partial charge is 0.573 e. The maximum Gasteiger partial charge on any atom is 0.573 e. The number of benzene rings is 3. The third kappa shape index (κ3) is 5.70. The summed E-state index contributed by atoms with van der Waals surface area (Å²) in [5.74, 6) is 0.409. The van der Waals surface area contributed by atoms with E-state index in [1.54, 1.807) is 18.2 Å². The van der Waals surface area contributed by atoms with Crippen LogP contribution in [0.4, 0.5) is 26.3 Å². The van der Waals surface area contributed by atoms with Crippen LogP contribution < -0.4 is 4.74 Å². The van der Waals surface area contributed by atoms with Crippen molar-refractivity contribution >= 4 is 0 Å². The topological polar surface area (TPSA) is 53.1 Å². The van der Waals surface area contributed by atoms with E-state index in [1.165, 1.54) is 30.5 Å². The van der Waals surface area contributed by atoms with Crippen LogP contribution in [-0.2, 0) is 6.18 Å². The first-order valence-electron chi connectivity index (χ1n) is 12.7. The first-order chi connectivity index (χ1) is 19.4. The van der Waals surface area contributed by atoms with Crippen molar-refractivity contribution in [2.24, 2.45) is 0 Å². The van der Waals surface area contributed by atoms with E-state index in [2.05, 4.69) is 14.8 Å². The van der Waals surface area contributed by atoms with Crippen LogP contribution in [-0.4, -0.2) is 21.1 Å². The number of ether oxygens (including phenoxy) is 1. The third-order valence-corrected chi connectivity index (χ3v) is 6.65. The molecule has 210 valence electrons. The van der Waals surface area contributed by atoms with Gasteiger partial charge in [0.1, 0.15) is 11.4 Å². The Balaban J connectivity index is 1.53.